The van der Waals surface area contributed by atoms with Crippen LogP contribution >= 0.6 is 39.3 Å². The predicted octanol–water partition coefficient (Wildman–Crippen LogP) is 6.50. The van der Waals surface area contributed by atoms with E-state index in [9.17, 15) is 19.2 Å². The maximum atomic E-state index is 13.0. The molecule has 0 aliphatic carbocycles. The van der Waals surface area contributed by atoms with Gasteiger partial charge in [-0.3, -0.25) is 24.1 Å². The topological polar surface area (TPSA) is 114 Å². The number of amides is 4. The Bertz CT molecular complexity index is 1530. The Balaban J connectivity index is 1.45. The first-order valence-electron chi connectivity index (χ1n) is 12.4. The van der Waals surface area contributed by atoms with Crippen molar-refractivity contribution in [2.45, 2.75) is 13.8 Å². The van der Waals surface area contributed by atoms with Crippen molar-refractivity contribution in [2.75, 3.05) is 30.4 Å². The SMILES string of the molecule is CCOc1cc(/C=C2/SC(=O)N(CC(=O)Nc3ccccc3Cl)C2=O)cc(Br)c1OCC(=O)Nc1ccc(C)cc1. The monoisotopic (exact) mass is 657 g/mol. The summed E-state index contributed by atoms with van der Waals surface area (Å²) < 4.78 is 12.0. The van der Waals surface area contributed by atoms with E-state index in [0.717, 1.165) is 22.2 Å². The van der Waals surface area contributed by atoms with Crippen molar-refractivity contribution in [3.05, 3.63) is 86.2 Å². The minimum Gasteiger partial charge on any atom is -0.490 e. The second-order valence-corrected chi connectivity index (χ2v) is 11.0. The number of imide groups is 1. The summed E-state index contributed by atoms with van der Waals surface area (Å²) in [5, 5.41) is 5.14. The third kappa shape index (κ3) is 7.90. The van der Waals surface area contributed by atoms with Gasteiger partial charge >= 0.3 is 0 Å². The van der Waals surface area contributed by atoms with Crippen LogP contribution in [0.15, 0.2) is 70.0 Å². The molecule has 1 saturated heterocycles. The minimum absolute atomic E-state index is 0.140. The molecule has 3 aromatic carbocycles. The molecule has 2 N–H and O–H groups in total. The first-order valence-corrected chi connectivity index (χ1v) is 14.4. The van der Waals surface area contributed by atoms with E-state index in [0.29, 0.717) is 44.5 Å². The van der Waals surface area contributed by atoms with Crippen LogP contribution in [-0.4, -0.2) is 47.6 Å². The molecule has 4 amide bonds. The van der Waals surface area contributed by atoms with Gasteiger partial charge in [-0.1, -0.05) is 41.4 Å². The summed E-state index contributed by atoms with van der Waals surface area (Å²) in [6.45, 7) is 3.35. The first kappa shape index (κ1) is 30.2. The van der Waals surface area contributed by atoms with Gasteiger partial charge in [0, 0.05) is 5.69 Å². The lowest BCUT2D eigenvalue weighted by atomic mass is 10.2. The smallest absolute Gasteiger partial charge is 0.294 e. The van der Waals surface area contributed by atoms with Gasteiger partial charge in [-0.25, -0.2) is 0 Å². The van der Waals surface area contributed by atoms with Crippen molar-refractivity contribution in [3.63, 3.8) is 0 Å². The van der Waals surface area contributed by atoms with Crippen molar-refractivity contribution >= 4 is 79.7 Å². The summed E-state index contributed by atoms with van der Waals surface area (Å²) in [6.07, 6.45) is 1.53. The van der Waals surface area contributed by atoms with E-state index in [1.54, 1.807) is 55.5 Å². The zero-order valence-corrected chi connectivity index (χ0v) is 25.2. The number of anilines is 2. The zero-order valence-electron chi connectivity index (χ0n) is 22.0. The first-order chi connectivity index (χ1) is 19.6. The molecular weight excluding hydrogens is 634 g/mol. The number of carbonyl (C=O) groups excluding carboxylic acids is 4. The molecule has 3 aromatic rings. The van der Waals surface area contributed by atoms with Gasteiger partial charge in [0.2, 0.25) is 5.91 Å². The number of benzene rings is 3. The Kier molecular flexibility index (Phi) is 10.1. The van der Waals surface area contributed by atoms with E-state index < -0.39 is 23.6 Å². The molecule has 1 heterocycles. The Hall–Kier alpha value is -3.80. The van der Waals surface area contributed by atoms with Crippen LogP contribution in [0.1, 0.15) is 18.1 Å². The highest BCUT2D eigenvalue weighted by atomic mass is 79.9. The van der Waals surface area contributed by atoms with Crippen molar-refractivity contribution in [3.8, 4) is 11.5 Å². The van der Waals surface area contributed by atoms with Crippen LogP contribution in [-0.2, 0) is 14.4 Å². The summed E-state index contributed by atoms with van der Waals surface area (Å²) in [4.78, 5) is 51.5. The molecule has 0 saturated carbocycles. The average Bonchev–Trinajstić information content (AvgIpc) is 3.18. The molecular formula is C29H25BrClN3O6S. The van der Waals surface area contributed by atoms with E-state index in [1.807, 2.05) is 19.1 Å². The molecule has 0 atom stereocenters. The van der Waals surface area contributed by atoms with Crippen LogP contribution in [0, 0.1) is 6.92 Å². The molecule has 1 aliphatic rings. The van der Waals surface area contributed by atoms with Crippen LogP contribution in [0.4, 0.5) is 16.2 Å². The molecule has 1 aliphatic heterocycles. The van der Waals surface area contributed by atoms with E-state index >= 15 is 0 Å². The third-order valence-corrected chi connectivity index (χ3v) is 7.46. The summed E-state index contributed by atoms with van der Waals surface area (Å²) in [5.41, 5.74) is 2.65. The fourth-order valence-electron chi connectivity index (χ4n) is 3.73. The molecule has 0 radical (unpaired) electrons. The van der Waals surface area contributed by atoms with Gasteiger partial charge in [0.25, 0.3) is 17.1 Å². The molecule has 4 rings (SSSR count). The van der Waals surface area contributed by atoms with E-state index in [4.69, 9.17) is 21.1 Å². The molecule has 0 aromatic heterocycles. The van der Waals surface area contributed by atoms with Crippen molar-refractivity contribution < 1.29 is 28.7 Å². The Labute approximate surface area is 254 Å². The number of halogens is 2. The third-order valence-electron chi connectivity index (χ3n) is 5.64. The number of hydrogen-bond donors (Lipinski definition) is 2. The predicted molar refractivity (Wildman–Crippen MR) is 163 cm³/mol. The van der Waals surface area contributed by atoms with Gasteiger partial charge < -0.3 is 20.1 Å². The molecule has 9 nitrogen and oxygen atoms in total. The lowest BCUT2D eigenvalue weighted by Gasteiger charge is -2.15. The number of ether oxygens (including phenoxy) is 2. The number of rotatable bonds is 10. The molecule has 0 unspecified atom stereocenters. The van der Waals surface area contributed by atoms with Crippen LogP contribution < -0.4 is 20.1 Å². The maximum absolute atomic E-state index is 13.0. The van der Waals surface area contributed by atoms with E-state index in [2.05, 4.69) is 26.6 Å². The summed E-state index contributed by atoms with van der Waals surface area (Å²) >= 11 is 10.2. The zero-order chi connectivity index (χ0) is 29.5. The Morgan fingerprint density at radius 3 is 2.46 bits per heavy atom. The lowest BCUT2D eigenvalue weighted by Crippen LogP contribution is -2.36. The molecule has 41 heavy (non-hydrogen) atoms. The summed E-state index contributed by atoms with van der Waals surface area (Å²) in [6, 6.07) is 17.4. The second-order valence-electron chi connectivity index (χ2n) is 8.76. The number of aryl methyl sites for hydroxylation is 1. The van der Waals surface area contributed by atoms with E-state index in [-0.39, 0.29) is 17.4 Å². The Morgan fingerprint density at radius 1 is 1.02 bits per heavy atom. The van der Waals surface area contributed by atoms with Crippen LogP contribution in [0.3, 0.4) is 0 Å². The van der Waals surface area contributed by atoms with Gasteiger partial charge in [-0.05, 0) is 89.6 Å². The highest BCUT2D eigenvalue weighted by Crippen LogP contribution is 2.39. The number of thioether (sulfide) groups is 1. The number of nitrogens with zero attached hydrogens (tertiary/aromatic N) is 1. The van der Waals surface area contributed by atoms with Crippen LogP contribution in [0.2, 0.25) is 5.02 Å². The van der Waals surface area contributed by atoms with Gasteiger partial charge in [0.1, 0.15) is 6.54 Å². The molecule has 212 valence electrons. The van der Waals surface area contributed by atoms with Crippen molar-refractivity contribution in [1.29, 1.82) is 0 Å². The number of carbonyl (C=O) groups is 4. The Morgan fingerprint density at radius 2 is 1.76 bits per heavy atom. The largest absolute Gasteiger partial charge is 0.490 e. The quantitative estimate of drug-likeness (QED) is 0.239. The minimum atomic E-state index is -0.600. The van der Waals surface area contributed by atoms with Crippen molar-refractivity contribution in [2.24, 2.45) is 0 Å². The van der Waals surface area contributed by atoms with E-state index in [1.165, 1.54) is 6.08 Å². The fourth-order valence-corrected chi connectivity index (χ4v) is 5.33. The van der Waals surface area contributed by atoms with Gasteiger partial charge in [-0.2, -0.15) is 0 Å². The van der Waals surface area contributed by atoms with Gasteiger partial charge in [0.15, 0.2) is 18.1 Å². The van der Waals surface area contributed by atoms with Gasteiger partial charge in [0.05, 0.1) is 26.7 Å². The normalized spacial score (nSPS) is 13.9. The second kappa shape index (κ2) is 13.7. The standard InChI is InChI=1S/C29H25BrClN3O6S/c1-3-39-23-13-18(12-20(30)27(23)40-16-26(36)32-19-10-8-17(2)9-11-19)14-24-28(37)34(29(38)41-24)15-25(35)33-22-7-5-4-6-21(22)31/h4-14H,3,15-16H2,1-2H3,(H,32,36)(H,33,35)/b24-14+. The van der Waals surface area contributed by atoms with Crippen LogP contribution in [0.5, 0.6) is 11.5 Å². The highest BCUT2D eigenvalue weighted by molar-refractivity contribution is 9.10. The molecule has 12 heteroatoms. The number of hydrogen-bond acceptors (Lipinski definition) is 7. The van der Waals surface area contributed by atoms with Gasteiger partial charge in [-0.15, -0.1) is 0 Å². The molecule has 0 spiro atoms. The summed E-state index contributed by atoms with van der Waals surface area (Å²) in [7, 11) is 0. The van der Waals surface area contributed by atoms with Crippen LogP contribution in [0.25, 0.3) is 6.08 Å². The van der Waals surface area contributed by atoms with Crippen molar-refractivity contribution in [1.82, 2.24) is 4.90 Å². The number of para-hydroxylation sites is 1. The maximum Gasteiger partial charge on any atom is 0.294 e. The highest BCUT2D eigenvalue weighted by Gasteiger charge is 2.36. The number of nitrogens with one attached hydrogen (secondary N) is 2. The summed E-state index contributed by atoms with van der Waals surface area (Å²) in [5.74, 6) is -0.853. The molecule has 1 fully saturated rings. The average molecular weight is 659 g/mol. The lowest BCUT2D eigenvalue weighted by molar-refractivity contribution is -0.127. The molecule has 0 bridgehead atoms. The fraction of sp³-hybridized carbons (Fsp3) is 0.172.